The lowest BCUT2D eigenvalue weighted by Crippen LogP contribution is -2.73. The van der Waals surface area contributed by atoms with Gasteiger partial charge < -0.3 is 4.74 Å². The predicted octanol–water partition coefficient (Wildman–Crippen LogP) is 0.769. The molecule has 2 aliphatic heterocycles. The molecule has 1 spiro atoms. The third-order valence-electron chi connectivity index (χ3n) is 4.18. The summed E-state index contributed by atoms with van der Waals surface area (Å²) in [6, 6.07) is -0.0481. The maximum Gasteiger partial charge on any atom is 0.176 e. The van der Waals surface area contributed by atoms with Crippen LogP contribution in [0.2, 0.25) is 0 Å². The second-order valence-electron chi connectivity index (χ2n) is 4.93. The largest absolute Gasteiger partial charge is 0.379 e. The summed E-state index contributed by atoms with van der Waals surface area (Å²) in [4.78, 5) is 2.19. The van der Waals surface area contributed by atoms with Crippen LogP contribution in [0.4, 0.5) is 0 Å². The highest BCUT2D eigenvalue weighted by molar-refractivity contribution is 7.96. The number of sulfone groups is 1. The average molecular weight is 278 g/mol. The number of hydrogen-bond donors (Lipinski definition) is 0. The number of morpholine rings is 1. The Morgan fingerprint density at radius 3 is 2.41 bits per heavy atom. The Morgan fingerprint density at radius 1 is 1.24 bits per heavy atom. The molecule has 3 rings (SSSR count). The van der Waals surface area contributed by atoms with Gasteiger partial charge in [0.15, 0.2) is 14.5 Å². The van der Waals surface area contributed by atoms with Crippen molar-refractivity contribution in [1.29, 1.82) is 0 Å². The highest BCUT2D eigenvalue weighted by Crippen LogP contribution is 2.52. The van der Waals surface area contributed by atoms with Crippen LogP contribution >= 0.6 is 11.6 Å². The van der Waals surface area contributed by atoms with Crippen molar-refractivity contribution >= 4 is 21.4 Å². The molecule has 96 valence electrons. The number of hydrogen-bond acceptors (Lipinski definition) is 4. The van der Waals surface area contributed by atoms with Gasteiger partial charge in [-0.1, -0.05) is 12.2 Å². The molecule has 2 atom stereocenters. The number of rotatable bonds is 1. The van der Waals surface area contributed by atoms with Crippen molar-refractivity contribution in [3.63, 3.8) is 0 Å². The van der Waals surface area contributed by atoms with Gasteiger partial charge in [-0.2, -0.15) is 0 Å². The first kappa shape index (κ1) is 12.0. The summed E-state index contributed by atoms with van der Waals surface area (Å²) >= 11 is 6.11. The second-order valence-corrected chi connectivity index (χ2v) is 8.07. The highest BCUT2D eigenvalue weighted by Gasteiger charge is 2.68. The molecule has 17 heavy (non-hydrogen) atoms. The van der Waals surface area contributed by atoms with Gasteiger partial charge in [-0.05, 0) is 12.8 Å². The Hall–Kier alpha value is -0.100. The fourth-order valence-electron chi connectivity index (χ4n) is 3.21. The normalized spacial score (nSPS) is 39.4. The smallest absolute Gasteiger partial charge is 0.176 e. The van der Waals surface area contributed by atoms with E-state index in [0.717, 1.165) is 13.1 Å². The van der Waals surface area contributed by atoms with Crippen LogP contribution in [0.15, 0.2) is 12.2 Å². The standard InChI is InChI=1S/C11H16ClNO3S/c12-10-9(13-5-7-16-8-6-13)11(17(10,14)15)3-1-2-4-11/h1-2,9-10H,3-8H2/t9-,10+/m0/s1. The van der Waals surface area contributed by atoms with E-state index in [1.54, 1.807) is 0 Å². The molecule has 0 aromatic heterocycles. The van der Waals surface area contributed by atoms with Crippen LogP contribution in [-0.4, -0.2) is 55.1 Å². The zero-order valence-corrected chi connectivity index (χ0v) is 11.1. The molecule has 2 heterocycles. The predicted molar refractivity (Wildman–Crippen MR) is 65.8 cm³/mol. The average Bonchev–Trinajstić information content (AvgIpc) is 2.83. The molecule has 3 aliphatic rings. The Balaban J connectivity index is 1.89. The van der Waals surface area contributed by atoms with E-state index in [2.05, 4.69) is 4.90 Å². The Labute approximate surface area is 106 Å². The van der Waals surface area contributed by atoms with E-state index < -0.39 is 19.3 Å². The molecule has 0 radical (unpaired) electrons. The first-order chi connectivity index (χ1) is 8.09. The van der Waals surface area contributed by atoms with E-state index in [1.165, 1.54) is 0 Å². The summed E-state index contributed by atoms with van der Waals surface area (Å²) in [6.07, 6.45) is 5.16. The van der Waals surface area contributed by atoms with Gasteiger partial charge in [0.25, 0.3) is 0 Å². The van der Waals surface area contributed by atoms with Gasteiger partial charge in [0.1, 0.15) is 0 Å². The van der Waals surface area contributed by atoms with Crippen molar-refractivity contribution in [3.8, 4) is 0 Å². The highest BCUT2D eigenvalue weighted by atomic mass is 35.5. The molecule has 0 aromatic carbocycles. The summed E-state index contributed by atoms with van der Waals surface area (Å²) in [5.41, 5.74) is 0. The van der Waals surface area contributed by atoms with Crippen molar-refractivity contribution in [2.75, 3.05) is 26.3 Å². The van der Waals surface area contributed by atoms with Crippen LogP contribution in [-0.2, 0) is 14.6 Å². The molecule has 2 saturated heterocycles. The van der Waals surface area contributed by atoms with Gasteiger partial charge in [-0.3, -0.25) is 4.90 Å². The summed E-state index contributed by atoms with van der Waals surface area (Å²) < 4.78 is 28.3. The monoisotopic (exact) mass is 277 g/mol. The molecule has 0 unspecified atom stereocenters. The molecule has 0 N–H and O–H groups in total. The molecule has 4 nitrogen and oxygen atoms in total. The van der Waals surface area contributed by atoms with E-state index in [0.29, 0.717) is 26.1 Å². The summed E-state index contributed by atoms with van der Waals surface area (Å²) in [7, 11) is -3.18. The SMILES string of the molecule is O=S1(=O)[C@@H](Cl)[C@H](N2CCOCC2)C12CC=CC2. The van der Waals surface area contributed by atoms with Crippen molar-refractivity contribution in [2.45, 2.75) is 28.3 Å². The zero-order chi connectivity index (χ0) is 12.1. The topological polar surface area (TPSA) is 46.6 Å². The van der Waals surface area contributed by atoms with Crippen LogP contribution in [0, 0.1) is 0 Å². The van der Waals surface area contributed by atoms with Crippen LogP contribution in [0.5, 0.6) is 0 Å². The van der Waals surface area contributed by atoms with Crippen molar-refractivity contribution < 1.29 is 13.2 Å². The van der Waals surface area contributed by atoms with E-state index in [9.17, 15) is 8.42 Å². The van der Waals surface area contributed by atoms with Gasteiger partial charge in [0.2, 0.25) is 0 Å². The Kier molecular flexibility index (Phi) is 2.78. The fraction of sp³-hybridized carbons (Fsp3) is 0.818. The molecule has 1 aliphatic carbocycles. The lowest BCUT2D eigenvalue weighted by molar-refractivity contribution is 0.00441. The fourth-order valence-corrected chi connectivity index (χ4v) is 6.49. The Morgan fingerprint density at radius 2 is 1.82 bits per heavy atom. The first-order valence-corrected chi connectivity index (χ1v) is 7.92. The van der Waals surface area contributed by atoms with Crippen LogP contribution in [0.25, 0.3) is 0 Å². The number of alkyl halides is 1. The van der Waals surface area contributed by atoms with Gasteiger partial charge in [-0.25, -0.2) is 8.42 Å². The van der Waals surface area contributed by atoms with Crippen molar-refractivity contribution in [2.24, 2.45) is 0 Å². The second kappa shape index (κ2) is 3.95. The van der Waals surface area contributed by atoms with Gasteiger partial charge in [-0.15, -0.1) is 11.6 Å². The minimum absolute atomic E-state index is 0.0481. The Bertz CT molecular complexity index is 434. The van der Waals surface area contributed by atoms with E-state index in [1.807, 2.05) is 12.2 Å². The van der Waals surface area contributed by atoms with Gasteiger partial charge in [0, 0.05) is 13.1 Å². The number of halogens is 1. The van der Waals surface area contributed by atoms with Crippen LogP contribution in [0.3, 0.4) is 0 Å². The number of allylic oxidation sites excluding steroid dienone is 2. The lowest BCUT2D eigenvalue weighted by atomic mass is 9.94. The van der Waals surface area contributed by atoms with Crippen LogP contribution in [0.1, 0.15) is 12.8 Å². The minimum Gasteiger partial charge on any atom is -0.379 e. The van der Waals surface area contributed by atoms with E-state index in [-0.39, 0.29) is 6.04 Å². The first-order valence-electron chi connectivity index (χ1n) is 5.94. The minimum atomic E-state index is -3.18. The molecule has 0 saturated carbocycles. The zero-order valence-electron chi connectivity index (χ0n) is 9.51. The third-order valence-corrected chi connectivity index (χ3v) is 7.68. The maximum absolute atomic E-state index is 12.2. The summed E-state index contributed by atoms with van der Waals surface area (Å²) in [5, 5.41) is 0. The summed E-state index contributed by atoms with van der Waals surface area (Å²) in [6.45, 7) is 2.91. The number of nitrogens with zero attached hydrogens (tertiary/aromatic N) is 1. The quantitative estimate of drug-likeness (QED) is 0.525. The lowest BCUT2D eigenvalue weighted by Gasteiger charge is -2.55. The van der Waals surface area contributed by atoms with Crippen LogP contribution < -0.4 is 0 Å². The maximum atomic E-state index is 12.2. The molecular formula is C11H16ClNO3S. The molecule has 0 bridgehead atoms. The summed E-state index contributed by atoms with van der Waals surface area (Å²) in [5.74, 6) is 0. The third kappa shape index (κ3) is 1.46. The van der Waals surface area contributed by atoms with Crippen molar-refractivity contribution in [3.05, 3.63) is 12.2 Å². The number of ether oxygens (including phenoxy) is 1. The molecule has 0 amide bonds. The molecular weight excluding hydrogens is 262 g/mol. The van der Waals surface area contributed by atoms with Gasteiger partial charge in [0.05, 0.1) is 24.0 Å². The molecule has 2 fully saturated rings. The van der Waals surface area contributed by atoms with E-state index in [4.69, 9.17) is 16.3 Å². The molecule has 6 heteroatoms. The van der Waals surface area contributed by atoms with E-state index >= 15 is 0 Å². The van der Waals surface area contributed by atoms with Gasteiger partial charge >= 0.3 is 0 Å². The molecule has 0 aromatic rings. The van der Waals surface area contributed by atoms with Crippen molar-refractivity contribution in [1.82, 2.24) is 4.90 Å².